The number of nitrogens with zero attached hydrogens (tertiary/aromatic N) is 3. The predicted molar refractivity (Wildman–Crippen MR) is 62.1 cm³/mol. The number of nitrogens with two attached hydrogens (primary N) is 1. The number of ether oxygens (including phenoxy) is 1. The number of rotatable bonds is 2. The molecule has 88 valence electrons. The first-order valence-corrected chi connectivity index (χ1v) is 5.05. The van der Waals surface area contributed by atoms with Crippen LogP contribution in [0.5, 0.6) is 0 Å². The van der Waals surface area contributed by atoms with Crippen LogP contribution in [0.3, 0.4) is 0 Å². The van der Waals surface area contributed by atoms with Gasteiger partial charge in [0.2, 0.25) is 0 Å². The van der Waals surface area contributed by atoms with Crippen molar-refractivity contribution in [3.63, 3.8) is 0 Å². The summed E-state index contributed by atoms with van der Waals surface area (Å²) in [5.74, 6) is -0.204. The van der Waals surface area contributed by atoms with Crippen molar-refractivity contribution < 1.29 is 9.53 Å². The van der Waals surface area contributed by atoms with Crippen molar-refractivity contribution in [2.75, 3.05) is 12.8 Å². The monoisotopic (exact) mass is 252 g/mol. The average molecular weight is 253 g/mol. The van der Waals surface area contributed by atoms with E-state index in [4.69, 9.17) is 17.3 Å². The molecule has 0 saturated heterocycles. The lowest BCUT2D eigenvalue weighted by Gasteiger charge is -2.01. The van der Waals surface area contributed by atoms with Crippen LogP contribution < -0.4 is 5.73 Å². The Hall–Kier alpha value is -2.08. The van der Waals surface area contributed by atoms with Gasteiger partial charge in [-0.2, -0.15) is 5.10 Å². The van der Waals surface area contributed by atoms with Crippen LogP contribution in [0.4, 0.5) is 5.69 Å². The topological polar surface area (TPSA) is 83.0 Å². The van der Waals surface area contributed by atoms with Crippen LogP contribution in [0.25, 0.3) is 5.82 Å². The first kappa shape index (κ1) is 11.4. The van der Waals surface area contributed by atoms with Crippen LogP contribution in [0.2, 0.25) is 5.02 Å². The Bertz CT molecular complexity index is 567. The van der Waals surface area contributed by atoms with E-state index >= 15 is 0 Å². The summed E-state index contributed by atoms with van der Waals surface area (Å²) < 4.78 is 5.89. The first-order chi connectivity index (χ1) is 8.13. The lowest BCUT2D eigenvalue weighted by Crippen LogP contribution is -2.06. The highest BCUT2D eigenvalue weighted by Gasteiger charge is 2.17. The van der Waals surface area contributed by atoms with E-state index in [0.29, 0.717) is 10.8 Å². The molecule has 2 aromatic heterocycles. The predicted octanol–water partition coefficient (Wildman–Crippen LogP) is 1.29. The number of pyridine rings is 1. The van der Waals surface area contributed by atoms with E-state index < -0.39 is 5.97 Å². The summed E-state index contributed by atoms with van der Waals surface area (Å²) in [6, 6.07) is 3.36. The minimum atomic E-state index is -0.603. The molecule has 17 heavy (non-hydrogen) atoms. The fourth-order valence-corrected chi connectivity index (χ4v) is 1.51. The molecule has 0 aliphatic heterocycles. The van der Waals surface area contributed by atoms with Crippen LogP contribution in [0, 0.1) is 0 Å². The molecular weight excluding hydrogens is 244 g/mol. The summed E-state index contributed by atoms with van der Waals surface area (Å²) in [6.07, 6.45) is 3.03. The van der Waals surface area contributed by atoms with E-state index in [0.717, 1.165) is 0 Å². The first-order valence-electron chi connectivity index (χ1n) is 4.68. The van der Waals surface area contributed by atoms with Crippen molar-refractivity contribution in [3.05, 3.63) is 35.2 Å². The van der Waals surface area contributed by atoms with Crippen molar-refractivity contribution in [2.24, 2.45) is 0 Å². The fourth-order valence-electron chi connectivity index (χ4n) is 1.30. The lowest BCUT2D eigenvalue weighted by atomic mass is 10.4. The molecule has 2 N–H and O–H groups in total. The van der Waals surface area contributed by atoms with E-state index in [-0.39, 0.29) is 11.4 Å². The Morgan fingerprint density at radius 1 is 1.59 bits per heavy atom. The van der Waals surface area contributed by atoms with Crippen molar-refractivity contribution in [2.45, 2.75) is 0 Å². The Morgan fingerprint density at radius 3 is 3.00 bits per heavy atom. The molecule has 2 aromatic rings. The second-order valence-corrected chi connectivity index (χ2v) is 3.59. The number of anilines is 1. The molecule has 0 fully saturated rings. The molecule has 0 aromatic carbocycles. The molecular formula is C10H9ClN4O2. The number of hydrogen-bond acceptors (Lipinski definition) is 5. The van der Waals surface area contributed by atoms with E-state index in [1.54, 1.807) is 18.3 Å². The molecule has 0 aliphatic rings. The maximum absolute atomic E-state index is 11.3. The summed E-state index contributed by atoms with van der Waals surface area (Å²) >= 11 is 5.95. The molecule has 0 bridgehead atoms. The molecule has 2 rings (SSSR count). The largest absolute Gasteiger partial charge is 0.464 e. The highest BCUT2D eigenvalue weighted by molar-refractivity contribution is 6.32. The summed E-state index contributed by atoms with van der Waals surface area (Å²) in [4.78, 5) is 15.4. The number of methoxy groups -OCH3 is 1. The molecule has 0 aliphatic carbocycles. The number of carbonyl (C=O) groups excluding carboxylic acids is 1. The van der Waals surface area contributed by atoms with Crippen molar-refractivity contribution >= 4 is 23.3 Å². The van der Waals surface area contributed by atoms with Gasteiger partial charge in [-0.3, -0.25) is 0 Å². The van der Waals surface area contributed by atoms with Crippen molar-refractivity contribution in [3.8, 4) is 5.82 Å². The summed E-state index contributed by atoms with van der Waals surface area (Å²) in [5.41, 5.74) is 5.89. The maximum atomic E-state index is 11.3. The third-order valence-corrected chi connectivity index (χ3v) is 2.37. The molecule has 7 heteroatoms. The van der Waals surface area contributed by atoms with Crippen molar-refractivity contribution in [1.29, 1.82) is 0 Å². The van der Waals surface area contributed by atoms with Gasteiger partial charge in [-0.1, -0.05) is 11.6 Å². The third kappa shape index (κ3) is 2.07. The zero-order chi connectivity index (χ0) is 12.4. The second-order valence-electron chi connectivity index (χ2n) is 3.18. The Balaban J connectivity index is 2.49. The summed E-state index contributed by atoms with van der Waals surface area (Å²) in [7, 11) is 1.26. The van der Waals surface area contributed by atoms with Gasteiger partial charge >= 0.3 is 5.97 Å². The normalized spacial score (nSPS) is 10.2. The summed E-state index contributed by atoms with van der Waals surface area (Å²) in [6.45, 7) is 0. The highest BCUT2D eigenvalue weighted by Crippen LogP contribution is 2.19. The zero-order valence-corrected chi connectivity index (χ0v) is 9.68. The van der Waals surface area contributed by atoms with Crippen LogP contribution in [-0.4, -0.2) is 27.8 Å². The third-order valence-electron chi connectivity index (χ3n) is 2.08. The second kappa shape index (κ2) is 4.42. The molecule has 0 spiro atoms. The molecule has 0 saturated carbocycles. The quantitative estimate of drug-likeness (QED) is 0.815. The number of halogens is 1. The highest BCUT2D eigenvalue weighted by atomic mass is 35.5. The molecule has 2 heterocycles. The van der Waals surface area contributed by atoms with E-state index in [2.05, 4.69) is 14.8 Å². The number of aromatic nitrogens is 3. The van der Waals surface area contributed by atoms with Gasteiger partial charge in [0.05, 0.1) is 24.0 Å². The fraction of sp³-hybridized carbons (Fsp3) is 0.100. The molecule has 6 nitrogen and oxygen atoms in total. The zero-order valence-electron chi connectivity index (χ0n) is 8.92. The van der Waals surface area contributed by atoms with Crippen LogP contribution in [0.1, 0.15) is 10.5 Å². The van der Waals surface area contributed by atoms with Gasteiger partial charge in [0.1, 0.15) is 0 Å². The lowest BCUT2D eigenvalue weighted by molar-refractivity contribution is 0.0594. The van der Waals surface area contributed by atoms with Crippen LogP contribution in [0.15, 0.2) is 24.5 Å². The number of carbonyl (C=O) groups is 1. The van der Waals surface area contributed by atoms with Crippen molar-refractivity contribution in [1.82, 2.24) is 14.8 Å². The SMILES string of the molecule is COC(=O)c1nn(-c2ncccc2Cl)cc1N. The standard InChI is InChI=1S/C10H9ClN4O2/c1-17-10(16)8-7(12)5-15(14-8)9-6(11)3-2-4-13-9/h2-5H,12H2,1H3. The van der Waals surface area contributed by atoms with Gasteiger partial charge in [-0.05, 0) is 12.1 Å². The summed E-state index contributed by atoms with van der Waals surface area (Å²) in [5, 5.41) is 4.39. The van der Waals surface area contributed by atoms with Gasteiger partial charge in [0, 0.05) is 6.20 Å². The number of esters is 1. The minimum Gasteiger partial charge on any atom is -0.464 e. The molecule has 0 unspecified atom stereocenters. The smallest absolute Gasteiger partial charge is 0.360 e. The van der Waals surface area contributed by atoms with Gasteiger partial charge in [-0.15, -0.1) is 0 Å². The Kier molecular flexibility index (Phi) is 2.97. The molecule has 0 atom stereocenters. The Morgan fingerprint density at radius 2 is 2.35 bits per heavy atom. The number of hydrogen-bond donors (Lipinski definition) is 1. The van der Waals surface area contributed by atoms with Crippen LogP contribution >= 0.6 is 11.6 Å². The minimum absolute atomic E-state index is 0.0363. The van der Waals surface area contributed by atoms with E-state index in [1.165, 1.54) is 18.0 Å². The van der Waals surface area contributed by atoms with Gasteiger partial charge in [0.15, 0.2) is 11.5 Å². The molecule has 0 amide bonds. The van der Waals surface area contributed by atoms with E-state index in [9.17, 15) is 4.79 Å². The van der Waals surface area contributed by atoms with Crippen LogP contribution in [-0.2, 0) is 4.74 Å². The molecule has 0 radical (unpaired) electrons. The number of nitrogen functional groups attached to an aromatic ring is 1. The van der Waals surface area contributed by atoms with Gasteiger partial charge in [-0.25, -0.2) is 14.5 Å². The van der Waals surface area contributed by atoms with E-state index in [1.807, 2.05) is 0 Å². The van der Waals surface area contributed by atoms with Gasteiger partial charge in [0.25, 0.3) is 0 Å². The maximum Gasteiger partial charge on any atom is 0.360 e. The average Bonchev–Trinajstić information content (AvgIpc) is 2.71. The van der Waals surface area contributed by atoms with Gasteiger partial charge < -0.3 is 10.5 Å². The Labute approximate surface area is 102 Å².